The van der Waals surface area contributed by atoms with Crippen molar-refractivity contribution in [3.05, 3.63) is 30.3 Å². The van der Waals surface area contributed by atoms with Gasteiger partial charge in [-0.2, -0.15) is 0 Å². The lowest BCUT2D eigenvalue weighted by Crippen LogP contribution is -2.46. The SMILES string of the molecule is CC1CN(CCOCCOc2ccccc2)CC(C)O1. The smallest absolute Gasteiger partial charge is 0.119 e. The summed E-state index contributed by atoms with van der Waals surface area (Å²) in [7, 11) is 0. The first-order chi connectivity index (χ1) is 9.74. The van der Waals surface area contributed by atoms with E-state index in [1.807, 2.05) is 30.3 Å². The highest BCUT2D eigenvalue weighted by atomic mass is 16.5. The Balaban J connectivity index is 1.51. The molecule has 20 heavy (non-hydrogen) atoms. The van der Waals surface area contributed by atoms with Gasteiger partial charge in [-0.05, 0) is 26.0 Å². The predicted molar refractivity (Wildman–Crippen MR) is 79.2 cm³/mol. The Morgan fingerprint density at radius 1 is 1.05 bits per heavy atom. The van der Waals surface area contributed by atoms with Gasteiger partial charge in [0.05, 0.1) is 25.4 Å². The van der Waals surface area contributed by atoms with Crippen molar-refractivity contribution in [2.24, 2.45) is 0 Å². The molecule has 1 heterocycles. The van der Waals surface area contributed by atoms with Crippen LogP contribution in [0.2, 0.25) is 0 Å². The highest BCUT2D eigenvalue weighted by molar-refractivity contribution is 5.20. The van der Waals surface area contributed by atoms with E-state index in [1.165, 1.54) is 0 Å². The van der Waals surface area contributed by atoms with E-state index in [2.05, 4.69) is 18.7 Å². The third-order valence-corrected chi connectivity index (χ3v) is 3.29. The van der Waals surface area contributed by atoms with E-state index in [0.29, 0.717) is 25.4 Å². The van der Waals surface area contributed by atoms with Crippen LogP contribution in [0.25, 0.3) is 0 Å². The number of nitrogens with zero attached hydrogens (tertiary/aromatic N) is 1. The van der Waals surface area contributed by atoms with Crippen molar-refractivity contribution in [2.75, 3.05) is 39.5 Å². The van der Waals surface area contributed by atoms with Crippen molar-refractivity contribution in [1.29, 1.82) is 0 Å². The third-order valence-electron chi connectivity index (χ3n) is 3.29. The molecule has 0 radical (unpaired) electrons. The van der Waals surface area contributed by atoms with Gasteiger partial charge in [0, 0.05) is 19.6 Å². The largest absolute Gasteiger partial charge is 0.491 e. The molecule has 2 unspecified atom stereocenters. The zero-order valence-corrected chi connectivity index (χ0v) is 12.5. The lowest BCUT2D eigenvalue weighted by Gasteiger charge is -2.35. The van der Waals surface area contributed by atoms with Crippen molar-refractivity contribution in [1.82, 2.24) is 4.90 Å². The zero-order chi connectivity index (χ0) is 14.2. The van der Waals surface area contributed by atoms with Gasteiger partial charge in [0.2, 0.25) is 0 Å². The summed E-state index contributed by atoms with van der Waals surface area (Å²) in [6.45, 7) is 9.17. The van der Waals surface area contributed by atoms with Crippen molar-refractivity contribution < 1.29 is 14.2 Å². The van der Waals surface area contributed by atoms with E-state index >= 15 is 0 Å². The molecule has 1 aliphatic heterocycles. The van der Waals surface area contributed by atoms with Gasteiger partial charge in [-0.15, -0.1) is 0 Å². The van der Waals surface area contributed by atoms with E-state index in [4.69, 9.17) is 14.2 Å². The summed E-state index contributed by atoms with van der Waals surface area (Å²) >= 11 is 0. The molecule has 4 heteroatoms. The molecule has 0 aromatic heterocycles. The Morgan fingerprint density at radius 3 is 2.45 bits per heavy atom. The summed E-state index contributed by atoms with van der Waals surface area (Å²) in [5.41, 5.74) is 0. The van der Waals surface area contributed by atoms with E-state index in [9.17, 15) is 0 Å². The van der Waals surface area contributed by atoms with Gasteiger partial charge in [0.15, 0.2) is 0 Å². The van der Waals surface area contributed by atoms with Crippen LogP contribution in [0.1, 0.15) is 13.8 Å². The van der Waals surface area contributed by atoms with Gasteiger partial charge in [0.25, 0.3) is 0 Å². The van der Waals surface area contributed by atoms with Gasteiger partial charge in [0.1, 0.15) is 12.4 Å². The molecule has 0 N–H and O–H groups in total. The maximum atomic E-state index is 5.71. The number of hydrogen-bond acceptors (Lipinski definition) is 4. The molecule has 1 saturated heterocycles. The lowest BCUT2D eigenvalue weighted by atomic mass is 10.2. The van der Waals surface area contributed by atoms with Crippen molar-refractivity contribution >= 4 is 0 Å². The van der Waals surface area contributed by atoms with Crippen LogP contribution in [0.5, 0.6) is 5.75 Å². The summed E-state index contributed by atoms with van der Waals surface area (Å²) in [6.07, 6.45) is 0.639. The van der Waals surface area contributed by atoms with Crippen LogP contribution in [-0.2, 0) is 9.47 Å². The molecule has 1 aliphatic rings. The quantitative estimate of drug-likeness (QED) is 0.716. The highest BCUT2D eigenvalue weighted by Crippen LogP contribution is 2.10. The molecule has 0 spiro atoms. The summed E-state index contributed by atoms with van der Waals surface area (Å²) in [5, 5.41) is 0. The van der Waals surface area contributed by atoms with Gasteiger partial charge in [-0.25, -0.2) is 0 Å². The van der Waals surface area contributed by atoms with Crippen molar-refractivity contribution in [2.45, 2.75) is 26.1 Å². The molecule has 112 valence electrons. The summed E-state index contributed by atoms with van der Waals surface area (Å²) in [5.74, 6) is 0.895. The molecule has 0 amide bonds. The Labute approximate surface area is 121 Å². The lowest BCUT2D eigenvalue weighted by molar-refractivity contribution is -0.0734. The zero-order valence-electron chi connectivity index (χ0n) is 12.5. The number of morpholine rings is 1. The van der Waals surface area contributed by atoms with Crippen LogP contribution in [0.15, 0.2) is 30.3 Å². The Morgan fingerprint density at radius 2 is 1.75 bits per heavy atom. The number of ether oxygens (including phenoxy) is 3. The predicted octanol–water partition coefficient (Wildman–Crippen LogP) is 2.19. The minimum absolute atomic E-state index is 0.320. The van der Waals surface area contributed by atoms with E-state index < -0.39 is 0 Å². The molecule has 1 aromatic carbocycles. The fourth-order valence-corrected chi connectivity index (χ4v) is 2.50. The van der Waals surface area contributed by atoms with Gasteiger partial charge < -0.3 is 14.2 Å². The molecule has 0 saturated carbocycles. The fraction of sp³-hybridized carbons (Fsp3) is 0.625. The minimum atomic E-state index is 0.320. The Hall–Kier alpha value is -1.10. The normalized spacial score (nSPS) is 23.7. The minimum Gasteiger partial charge on any atom is -0.491 e. The van der Waals surface area contributed by atoms with Crippen LogP contribution in [-0.4, -0.2) is 56.6 Å². The highest BCUT2D eigenvalue weighted by Gasteiger charge is 2.21. The van der Waals surface area contributed by atoms with Gasteiger partial charge >= 0.3 is 0 Å². The van der Waals surface area contributed by atoms with Crippen LogP contribution in [0.4, 0.5) is 0 Å². The third kappa shape index (κ3) is 5.49. The fourth-order valence-electron chi connectivity index (χ4n) is 2.50. The first kappa shape index (κ1) is 15.3. The summed E-state index contributed by atoms with van der Waals surface area (Å²) in [4.78, 5) is 2.40. The number of benzene rings is 1. The maximum Gasteiger partial charge on any atom is 0.119 e. The van der Waals surface area contributed by atoms with E-state index in [0.717, 1.165) is 32.0 Å². The second-order valence-electron chi connectivity index (χ2n) is 5.29. The number of para-hydroxylation sites is 1. The monoisotopic (exact) mass is 279 g/mol. The molecular weight excluding hydrogens is 254 g/mol. The molecule has 0 bridgehead atoms. The van der Waals surface area contributed by atoms with Crippen molar-refractivity contribution in [3.63, 3.8) is 0 Å². The molecule has 2 atom stereocenters. The second-order valence-corrected chi connectivity index (χ2v) is 5.29. The summed E-state index contributed by atoms with van der Waals surface area (Å²) < 4.78 is 16.9. The molecule has 2 rings (SSSR count). The molecular formula is C16H25NO3. The average Bonchev–Trinajstić information content (AvgIpc) is 2.43. The first-order valence-electron chi connectivity index (χ1n) is 7.37. The molecule has 1 fully saturated rings. The van der Waals surface area contributed by atoms with Crippen LogP contribution in [0.3, 0.4) is 0 Å². The average molecular weight is 279 g/mol. The van der Waals surface area contributed by atoms with E-state index in [-0.39, 0.29) is 0 Å². The van der Waals surface area contributed by atoms with E-state index in [1.54, 1.807) is 0 Å². The van der Waals surface area contributed by atoms with Gasteiger partial charge in [-0.3, -0.25) is 4.90 Å². The van der Waals surface area contributed by atoms with Crippen LogP contribution < -0.4 is 4.74 Å². The maximum absolute atomic E-state index is 5.71. The topological polar surface area (TPSA) is 30.9 Å². The molecule has 4 nitrogen and oxygen atoms in total. The molecule has 0 aliphatic carbocycles. The second kappa shape index (κ2) is 8.25. The number of rotatable bonds is 7. The Bertz CT molecular complexity index is 361. The summed E-state index contributed by atoms with van der Waals surface area (Å²) in [6, 6.07) is 9.83. The van der Waals surface area contributed by atoms with Crippen LogP contribution in [0, 0.1) is 0 Å². The molecule has 1 aromatic rings. The van der Waals surface area contributed by atoms with Gasteiger partial charge in [-0.1, -0.05) is 18.2 Å². The van der Waals surface area contributed by atoms with Crippen LogP contribution >= 0.6 is 0 Å². The van der Waals surface area contributed by atoms with Crippen molar-refractivity contribution in [3.8, 4) is 5.75 Å². The first-order valence-corrected chi connectivity index (χ1v) is 7.37. The number of hydrogen-bond donors (Lipinski definition) is 0. The Kier molecular flexibility index (Phi) is 6.30. The standard InChI is InChI=1S/C16H25NO3/c1-14-12-17(13-15(2)20-14)8-9-18-10-11-19-16-6-4-3-5-7-16/h3-7,14-15H,8-13H2,1-2H3.